The second-order valence-electron chi connectivity index (χ2n) is 7.95. The Hall–Kier alpha value is -1.75. The minimum Gasteiger partial charge on any atom is -0.493 e. The van der Waals surface area contributed by atoms with Crippen LogP contribution >= 0.6 is 35.3 Å². The van der Waals surface area contributed by atoms with Gasteiger partial charge in [-0.1, -0.05) is 0 Å². The maximum absolute atomic E-state index is 5.50. The van der Waals surface area contributed by atoms with Crippen molar-refractivity contribution in [3.8, 4) is 11.5 Å². The summed E-state index contributed by atoms with van der Waals surface area (Å²) in [6.07, 6.45) is 4.39. The van der Waals surface area contributed by atoms with Gasteiger partial charge in [-0.3, -0.25) is 4.99 Å². The Morgan fingerprint density at radius 3 is 2.53 bits per heavy atom. The van der Waals surface area contributed by atoms with Gasteiger partial charge in [0.05, 0.1) is 19.9 Å². The van der Waals surface area contributed by atoms with E-state index in [2.05, 4.69) is 39.6 Å². The van der Waals surface area contributed by atoms with Gasteiger partial charge < -0.3 is 24.6 Å². The number of anilines is 1. The molecule has 0 bridgehead atoms. The number of nitrogens with zero attached hydrogens (tertiary/aromatic N) is 4. The van der Waals surface area contributed by atoms with Gasteiger partial charge in [-0.2, -0.15) is 0 Å². The summed E-state index contributed by atoms with van der Waals surface area (Å²) in [6, 6.07) is 4.20. The number of aliphatic imine (C=N–C) groups is 1. The third-order valence-electron chi connectivity index (χ3n) is 5.90. The number of hydrogen-bond acceptors (Lipinski definition) is 6. The highest BCUT2D eigenvalue weighted by atomic mass is 127. The summed E-state index contributed by atoms with van der Waals surface area (Å²) < 4.78 is 11.0. The van der Waals surface area contributed by atoms with E-state index in [9.17, 15) is 0 Å². The highest BCUT2D eigenvalue weighted by Gasteiger charge is 2.22. The van der Waals surface area contributed by atoms with Gasteiger partial charge >= 0.3 is 0 Å². The minimum absolute atomic E-state index is 0. The molecule has 0 radical (unpaired) electrons. The summed E-state index contributed by atoms with van der Waals surface area (Å²) in [6.45, 7) is 7.74. The van der Waals surface area contributed by atoms with Crippen molar-refractivity contribution >= 4 is 46.4 Å². The molecule has 1 N–H and O–H groups in total. The predicted octanol–water partition coefficient (Wildman–Crippen LogP) is 3.94. The van der Waals surface area contributed by atoms with E-state index in [4.69, 9.17) is 19.5 Å². The van der Waals surface area contributed by atoms with Crippen LogP contribution in [0.25, 0.3) is 0 Å². The molecule has 1 fully saturated rings. The average molecular weight is 572 g/mol. The number of benzene rings is 1. The molecule has 7 nitrogen and oxygen atoms in total. The first-order valence-electron chi connectivity index (χ1n) is 11.2. The molecule has 0 unspecified atom stereocenters. The zero-order chi connectivity index (χ0) is 21.6. The SMILES string of the molecule is CCNC(=NCCc1csc(N2CCCC2)n1)N1CCc2cc(OC)c(OC)cc2C1.I. The molecule has 9 heteroatoms. The Morgan fingerprint density at radius 2 is 1.84 bits per heavy atom. The van der Waals surface area contributed by atoms with Crippen LogP contribution in [-0.4, -0.2) is 62.8 Å². The fraction of sp³-hybridized carbons (Fsp3) is 0.565. The standard InChI is InChI=1S/C23H33N5O2S.HI/c1-4-24-22(25-9-7-19-16-31-23(26-19)27-10-5-6-11-27)28-12-8-17-13-20(29-2)21(30-3)14-18(17)15-28;/h13-14,16H,4-12,15H2,1-3H3,(H,24,25);1H. The van der Waals surface area contributed by atoms with E-state index >= 15 is 0 Å². The highest BCUT2D eigenvalue weighted by Crippen LogP contribution is 2.33. The van der Waals surface area contributed by atoms with Crippen LogP contribution in [0.1, 0.15) is 36.6 Å². The molecule has 0 amide bonds. The first-order chi connectivity index (χ1) is 15.2. The predicted molar refractivity (Wildman–Crippen MR) is 142 cm³/mol. The molecule has 32 heavy (non-hydrogen) atoms. The molecule has 4 rings (SSSR count). The lowest BCUT2D eigenvalue weighted by Gasteiger charge is -2.32. The number of guanidine groups is 1. The number of aromatic nitrogens is 1. The van der Waals surface area contributed by atoms with E-state index in [1.54, 1.807) is 25.6 Å². The molecular formula is C23H34IN5O2S. The number of methoxy groups -OCH3 is 2. The van der Waals surface area contributed by atoms with Crippen molar-refractivity contribution in [2.24, 2.45) is 4.99 Å². The molecule has 2 aliphatic heterocycles. The smallest absolute Gasteiger partial charge is 0.194 e. The van der Waals surface area contributed by atoms with Gasteiger partial charge in [-0.15, -0.1) is 35.3 Å². The Kier molecular flexibility index (Phi) is 9.27. The second kappa shape index (κ2) is 11.9. The number of hydrogen-bond donors (Lipinski definition) is 1. The Balaban J connectivity index is 0.00000289. The molecule has 0 saturated carbocycles. The maximum atomic E-state index is 5.50. The molecule has 0 spiro atoms. The van der Waals surface area contributed by atoms with Crippen LogP contribution in [-0.2, 0) is 19.4 Å². The first kappa shape index (κ1) is 24.9. The van der Waals surface area contributed by atoms with Crippen molar-refractivity contribution in [1.82, 2.24) is 15.2 Å². The van der Waals surface area contributed by atoms with Gasteiger partial charge in [0.2, 0.25) is 0 Å². The lowest BCUT2D eigenvalue weighted by Crippen LogP contribution is -2.44. The van der Waals surface area contributed by atoms with Crippen LogP contribution in [0.3, 0.4) is 0 Å². The Labute approximate surface area is 212 Å². The molecule has 3 heterocycles. The molecule has 2 aromatic rings. The summed E-state index contributed by atoms with van der Waals surface area (Å²) in [5.41, 5.74) is 3.73. The molecule has 176 valence electrons. The average Bonchev–Trinajstić information content (AvgIpc) is 3.49. The van der Waals surface area contributed by atoms with Gasteiger partial charge in [0.1, 0.15) is 0 Å². The second-order valence-corrected chi connectivity index (χ2v) is 8.79. The lowest BCUT2D eigenvalue weighted by molar-refractivity contribution is 0.346. The molecule has 0 aliphatic carbocycles. The number of halogens is 1. The third kappa shape index (κ3) is 5.78. The zero-order valence-corrected chi connectivity index (χ0v) is 22.4. The van der Waals surface area contributed by atoms with Crippen molar-refractivity contribution in [2.45, 2.75) is 39.2 Å². The summed E-state index contributed by atoms with van der Waals surface area (Å²) in [5, 5.41) is 6.82. The van der Waals surface area contributed by atoms with E-state index in [1.807, 2.05) is 0 Å². The fourth-order valence-electron chi connectivity index (χ4n) is 4.23. The molecule has 1 saturated heterocycles. The zero-order valence-electron chi connectivity index (χ0n) is 19.2. The van der Waals surface area contributed by atoms with E-state index in [0.29, 0.717) is 0 Å². The number of rotatable bonds is 7. The van der Waals surface area contributed by atoms with Gasteiger partial charge in [-0.25, -0.2) is 4.98 Å². The number of fused-ring (bicyclic) bond motifs is 1. The summed E-state index contributed by atoms with van der Waals surface area (Å²) in [4.78, 5) is 14.5. The van der Waals surface area contributed by atoms with Gasteiger partial charge in [-0.05, 0) is 49.4 Å². The van der Waals surface area contributed by atoms with Crippen molar-refractivity contribution in [3.63, 3.8) is 0 Å². The molecule has 1 aromatic heterocycles. The van der Waals surface area contributed by atoms with Crippen LogP contribution in [0.2, 0.25) is 0 Å². The topological polar surface area (TPSA) is 62.2 Å². The van der Waals surface area contributed by atoms with Crippen LogP contribution in [0.5, 0.6) is 11.5 Å². The monoisotopic (exact) mass is 571 g/mol. The third-order valence-corrected chi connectivity index (χ3v) is 6.85. The van der Waals surface area contributed by atoms with Gasteiger partial charge in [0, 0.05) is 51.1 Å². The highest BCUT2D eigenvalue weighted by molar-refractivity contribution is 14.0. The van der Waals surface area contributed by atoms with E-state index in [-0.39, 0.29) is 24.0 Å². The van der Waals surface area contributed by atoms with Crippen molar-refractivity contribution in [2.75, 3.05) is 51.8 Å². The van der Waals surface area contributed by atoms with Crippen LogP contribution in [0.15, 0.2) is 22.5 Å². The van der Waals surface area contributed by atoms with E-state index < -0.39 is 0 Å². The Morgan fingerprint density at radius 1 is 1.12 bits per heavy atom. The van der Waals surface area contributed by atoms with Crippen molar-refractivity contribution in [1.29, 1.82) is 0 Å². The minimum atomic E-state index is 0. The van der Waals surface area contributed by atoms with E-state index in [1.165, 1.54) is 29.1 Å². The fourth-order valence-corrected chi connectivity index (χ4v) is 5.14. The van der Waals surface area contributed by atoms with Crippen molar-refractivity contribution < 1.29 is 9.47 Å². The molecule has 2 aliphatic rings. The Bertz CT molecular complexity index is 914. The van der Waals surface area contributed by atoms with Crippen molar-refractivity contribution in [3.05, 3.63) is 34.3 Å². The summed E-state index contributed by atoms with van der Waals surface area (Å²) >= 11 is 1.76. The van der Waals surface area contributed by atoms with Crippen LogP contribution in [0.4, 0.5) is 5.13 Å². The quantitative estimate of drug-likeness (QED) is 0.309. The molecular weight excluding hydrogens is 537 g/mol. The lowest BCUT2D eigenvalue weighted by atomic mass is 9.99. The van der Waals surface area contributed by atoms with Gasteiger partial charge in [0.15, 0.2) is 22.6 Å². The molecule has 0 atom stereocenters. The van der Waals surface area contributed by atoms with E-state index in [0.717, 1.165) is 75.3 Å². The van der Waals surface area contributed by atoms with Crippen LogP contribution in [0, 0.1) is 0 Å². The van der Waals surface area contributed by atoms with Gasteiger partial charge in [0.25, 0.3) is 0 Å². The summed E-state index contributed by atoms with van der Waals surface area (Å²) in [5.74, 6) is 2.55. The van der Waals surface area contributed by atoms with Crippen LogP contribution < -0.4 is 19.7 Å². The maximum Gasteiger partial charge on any atom is 0.194 e. The molecule has 1 aromatic carbocycles. The number of ether oxygens (including phenoxy) is 2. The number of nitrogens with one attached hydrogen (secondary N) is 1. The first-order valence-corrected chi connectivity index (χ1v) is 12.1. The largest absolute Gasteiger partial charge is 0.493 e. The summed E-state index contributed by atoms with van der Waals surface area (Å²) in [7, 11) is 3.37. The normalized spacial score (nSPS) is 15.9. The number of thiazole rings is 1.